The van der Waals surface area contributed by atoms with Crippen LogP contribution >= 0.6 is 0 Å². The topological polar surface area (TPSA) is 63.6 Å². The predicted octanol–water partition coefficient (Wildman–Crippen LogP) is -2.47. The molecule has 0 heterocycles. The van der Waals surface area contributed by atoms with Crippen molar-refractivity contribution in [2.24, 2.45) is 0 Å². The number of aliphatic carboxylic acids is 1. The van der Waals surface area contributed by atoms with Crippen molar-refractivity contribution in [1.82, 2.24) is 0 Å². The standard InChI is InChI=1S/C6H10O4.Li.H/c1-2-3-10-6(9)4-5(7)8;;/h2-4H2,1H3,(H,7,8);;/q;+1;-1. The Labute approximate surface area is 78.6 Å². The third-order valence-corrected chi connectivity index (χ3v) is 0.763. The first-order chi connectivity index (χ1) is 4.66. The van der Waals surface area contributed by atoms with E-state index in [9.17, 15) is 9.59 Å². The molecule has 1 N–H and O–H groups in total. The molecule has 11 heavy (non-hydrogen) atoms. The SMILES string of the molecule is CCCOC(=O)CC(=O)O.[H-].[Li+]. The molecular weight excluding hydrogens is 143 g/mol. The molecule has 0 aromatic carbocycles. The summed E-state index contributed by atoms with van der Waals surface area (Å²) >= 11 is 0. The summed E-state index contributed by atoms with van der Waals surface area (Å²) in [6.45, 7) is 2.14. The summed E-state index contributed by atoms with van der Waals surface area (Å²) in [7, 11) is 0. The molecule has 0 radical (unpaired) electrons. The molecule has 0 spiro atoms. The smallest absolute Gasteiger partial charge is 1.00 e. The Kier molecular flexibility index (Phi) is 9.14. The van der Waals surface area contributed by atoms with Crippen LogP contribution in [0.25, 0.3) is 0 Å². The van der Waals surface area contributed by atoms with Gasteiger partial charge in [-0.05, 0) is 6.42 Å². The maximum Gasteiger partial charge on any atom is 1.00 e. The van der Waals surface area contributed by atoms with Crippen LogP contribution in [-0.4, -0.2) is 23.7 Å². The van der Waals surface area contributed by atoms with Crippen molar-refractivity contribution in [3.05, 3.63) is 0 Å². The minimum atomic E-state index is -1.15. The fourth-order valence-electron chi connectivity index (χ4n) is 0.390. The first kappa shape index (κ1) is 13.2. The molecule has 0 fully saturated rings. The van der Waals surface area contributed by atoms with Crippen LogP contribution < -0.4 is 18.9 Å². The maximum absolute atomic E-state index is 10.4. The second kappa shape index (κ2) is 7.64. The van der Waals surface area contributed by atoms with Crippen molar-refractivity contribution in [3.8, 4) is 0 Å². The van der Waals surface area contributed by atoms with E-state index in [1.165, 1.54) is 0 Å². The summed E-state index contributed by atoms with van der Waals surface area (Å²) in [5.74, 6) is -1.82. The van der Waals surface area contributed by atoms with Crippen LogP contribution in [0.1, 0.15) is 21.2 Å². The summed E-state index contributed by atoms with van der Waals surface area (Å²) in [5, 5.41) is 8.08. The summed E-state index contributed by atoms with van der Waals surface area (Å²) < 4.78 is 4.48. The van der Waals surface area contributed by atoms with E-state index in [1.807, 2.05) is 6.92 Å². The monoisotopic (exact) mass is 154 g/mol. The molecule has 4 nitrogen and oxygen atoms in total. The fourth-order valence-corrected chi connectivity index (χ4v) is 0.390. The van der Waals surface area contributed by atoms with Crippen molar-refractivity contribution in [2.75, 3.05) is 6.61 Å². The van der Waals surface area contributed by atoms with Gasteiger partial charge in [-0.2, -0.15) is 0 Å². The first-order valence-corrected chi connectivity index (χ1v) is 3.04. The second-order valence-electron chi connectivity index (χ2n) is 1.79. The van der Waals surface area contributed by atoms with Gasteiger partial charge in [-0.15, -0.1) is 0 Å². The summed E-state index contributed by atoms with van der Waals surface area (Å²) in [6.07, 6.45) is 0.172. The van der Waals surface area contributed by atoms with Crippen LogP contribution in [0.2, 0.25) is 0 Å². The third kappa shape index (κ3) is 9.54. The van der Waals surface area contributed by atoms with E-state index in [4.69, 9.17) is 5.11 Å². The van der Waals surface area contributed by atoms with Crippen molar-refractivity contribution in [2.45, 2.75) is 19.8 Å². The number of hydrogen-bond donors (Lipinski definition) is 1. The molecule has 0 saturated heterocycles. The van der Waals surface area contributed by atoms with Crippen LogP contribution in [0.3, 0.4) is 0 Å². The van der Waals surface area contributed by atoms with E-state index in [2.05, 4.69) is 4.74 Å². The number of hydrogen-bond acceptors (Lipinski definition) is 3. The van der Waals surface area contributed by atoms with E-state index < -0.39 is 18.4 Å². The fraction of sp³-hybridized carbons (Fsp3) is 0.667. The third-order valence-electron chi connectivity index (χ3n) is 0.763. The molecule has 5 heteroatoms. The van der Waals surface area contributed by atoms with Crippen LogP contribution in [0.5, 0.6) is 0 Å². The molecular formula is C6H11LiO4. The van der Waals surface area contributed by atoms with E-state index in [0.717, 1.165) is 0 Å². The molecule has 0 aliphatic carbocycles. The van der Waals surface area contributed by atoms with E-state index in [1.54, 1.807) is 0 Å². The number of carbonyl (C=O) groups is 2. The number of carboxylic acids is 1. The summed E-state index contributed by atoms with van der Waals surface area (Å²) in [4.78, 5) is 20.3. The van der Waals surface area contributed by atoms with Gasteiger partial charge in [0.2, 0.25) is 0 Å². The van der Waals surface area contributed by atoms with E-state index in [-0.39, 0.29) is 20.3 Å². The molecule has 0 aliphatic heterocycles. The van der Waals surface area contributed by atoms with Gasteiger partial charge in [0.1, 0.15) is 6.42 Å². The average molecular weight is 154 g/mol. The molecule has 0 aromatic rings. The van der Waals surface area contributed by atoms with Gasteiger partial charge in [-0.25, -0.2) is 0 Å². The Morgan fingerprint density at radius 2 is 2.09 bits per heavy atom. The Morgan fingerprint density at radius 1 is 1.55 bits per heavy atom. The predicted molar refractivity (Wildman–Crippen MR) is 34.6 cm³/mol. The van der Waals surface area contributed by atoms with Crippen molar-refractivity contribution < 1.29 is 39.7 Å². The zero-order valence-corrected chi connectivity index (χ0v) is 6.79. The van der Waals surface area contributed by atoms with Gasteiger partial charge in [0.15, 0.2) is 0 Å². The zero-order chi connectivity index (χ0) is 7.98. The largest absolute Gasteiger partial charge is 1.00 e. The number of carboxylic acid groups (broad SMARTS) is 1. The molecule has 0 aromatic heterocycles. The van der Waals surface area contributed by atoms with Gasteiger partial charge in [0, 0.05) is 0 Å². The molecule has 0 saturated carbocycles. The second-order valence-corrected chi connectivity index (χ2v) is 1.79. The van der Waals surface area contributed by atoms with Crippen LogP contribution in [-0.2, 0) is 14.3 Å². The van der Waals surface area contributed by atoms with Gasteiger partial charge in [0.25, 0.3) is 0 Å². The molecule has 0 atom stereocenters. The van der Waals surface area contributed by atoms with Crippen molar-refractivity contribution in [3.63, 3.8) is 0 Å². The maximum atomic E-state index is 10.4. The van der Waals surface area contributed by atoms with Crippen molar-refractivity contribution in [1.29, 1.82) is 0 Å². The summed E-state index contributed by atoms with van der Waals surface area (Å²) in [5.41, 5.74) is 0. The Hall–Kier alpha value is -0.463. The van der Waals surface area contributed by atoms with Gasteiger partial charge in [-0.3, -0.25) is 9.59 Å². The molecule has 0 unspecified atom stereocenters. The van der Waals surface area contributed by atoms with E-state index >= 15 is 0 Å². The van der Waals surface area contributed by atoms with Gasteiger partial charge < -0.3 is 11.3 Å². The number of carbonyl (C=O) groups excluding carboxylic acids is 1. The number of esters is 1. The quantitative estimate of drug-likeness (QED) is 0.277. The molecule has 60 valence electrons. The Bertz CT molecular complexity index is 140. The number of ether oxygens (including phenoxy) is 1. The zero-order valence-electron chi connectivity index (χ0n) is 7.79. The van der Waals surface area contributed by atoms with Gasteiger partial charge in [0.05, 0.1) is 6.61 Å². The van der Waals surface area contributed by atoms with Crippen LogP contribution in [0.15, 0.2) is 0 Å². The van der Waals surface area contributed by atoms with Crippen LogP contribution in [0.4, 0.5) is 0 Å². The van der Waals surface area contributed by atoms with Crippen molar-refractivity contribution >= 4 is 11.9 Å². The van der Waals surface area contributed by atoms with Gasteiger partial charge in [-0.1, -0.05) is 6.92 Å². The molecule has 0 rings (SSSR count). The average Bonchev–Trinajstić information content (AvgIpc) is 1.82. The minimum Gasteiger partial charge on any atom is -1.00 e. The number of rotatable bonds is 4. The first-order valence-electron chi connectivity index (χ1n) is 3.04. The Morgan fingerprint density at radius 3 is 2.45 bits per heavy atom. The molecule has 0 aliphatic rings. The minimum absolute atomic E-state index is 0. The summed E-state index contributed by atoms with van der Waals surface area (Å²) in [6, 6.07) is 0. The molecule has 0 bridgehead atoms. The molecule has 0 amide bonds. The van der Waals surface area contributed by atoms with Gasteiger partial charge >= 0.3 is 30.8 Å². The van der Waals surface area contributed by atoms with Crippen LogP contribution in [0, 0.1) is 0 Å². The Balaban J connectivity index is -0.000000405. The normalized spacial score (nSPS) is 8.09. The van der Waals surface area contributed by atoms with E-state index in [0.29, 0.717) is 13.0 Å².